The van der Waals surface area contributed by atoms with Crippen molar-refractivity contribution in [1.29, 1.82) is 0 Å². The van der Waals surface area contributed by atoms with Crippen molar-refractivity contribution in [2.45, 2.75) is 6.92 Å². The molecule has 6 heteroatoms. The maximum absolute atomic E-state index is 11.8. The Morgan fingerprint density at radius 3 is 2.56 bits per heavy atom. The largest absolute Gasteiger partial charge is 0.481 e. The molecule has 0 saturated carbocycles. The van der Waals surface area contributed by atoms with E-state index in [0.29, 0.717) is 11.6 Å². The Morgan fingerprint density at radius 2 is 2.00 bits per heavy atom. The van der Waals surface area contributed by atoms with Crippen LogP contribution in [0.15, 0.2) is 30.7 Å². The zero-order valence-corrected chi connectivity index (χ0v) is 10.0. The van der Waals surface area contributed by atoms with E-state index in [9.17, 15) is 4.79 Å². The number of nitrogens with zero attached hydrogens (tertiary/aromatic N) is 3. The van der Waals surface area contributed by atoms with E-state index in [4.69, 9.17) is 4.74 Å². The normalized spacial score (nSPS) is 9.89. The van der Waals surface area contributed by atoms with Crippen molar-refractivity contribution in [2.24, 2.45) is 0 Å². The Bertz CT molecular complexity index is 537. The Hall–Kier alpha value is -2.50. The lowest BCUT2D eigenvalue weighted by molar-refractivity contribution is 0.102. The number of carbonyl (C=O) groups is 1. The number of ether oxygens (including phenoxy) is 1. The van der Waals surface area contributed by atoms with Crippen LogP contribution in [0.5, 0.6) is 5.88 Å². The van der Waals surface area contributed by atoms with Crippen molar-refractivity contribution in [3.05, 3.63) is 42.1 Å². The van der Waals surface area contributed by atoms with Gasteiger partial charge >= 0.3 is 0 Å². The number of pyridine rings is 1. The van der Waals surface area contributed by atoms with E-state index in [1.165, 1.54) is 19.5 Å². The zero-order valence-electron chi connectivity index (χ0n) is 10.0. The van der Waals surface area contributed by atoms with E-state index in [1.54, 1.807) is 18.3 Å². The van der Waals surface area contributed by atoms with Crippen molar-refractivity contribution < 1.29 is 9.53 Å². The molecular formula is C12H12N4O2. The lowest BCUT2D eigenvalue weighted by atomic mass is 10.3. The Labute approximate surface area is 104 Å². The molecule has 0 radical (unpaired) electrons. The summed E-state index contributed by atoms with van der Waals surface area (Å²) in [7, 11) is 1.53. The van der Waals surface area contributed by atoms with Crippen LogP contribution in [0.4, 0.5) is 5.69 Å². The lowest BCUT2D eigenvalue weighted by Gasteiger charge is -2.04. The summed E-state index contributed by atoms with van der Waals surface area (Å²) in [6, 6.07) is 3.36. The van der Waals surface area contributed by atoms with Crippen LogP contribution in [0.25, 0.3) is 0 Å². The number of anilines is 1. The van der Waals surface area contributed by atoms with Gasteiger partial charge in [-0.15, -0.1) is 0 Å². The predicted octanol–water partition coefficient (Wildman–Crippen LogP) is 1.44. The standard InChI is InChI=1S/C12H12N4O2/c1-8-5-14-10(7-13-8)12(17)16-9-3-4-11(18-2)15-6-9/h3-7H,1-2H3,(H,16,17). The van der Waals surface area contributed by atoms with Crippen LogP contribution in [-0.2, 0) is 0 Å². The molecule has 2 heterocycles. The molecule has 2 aromatic rings. The van der Waals surface area contributed by atoms with Crippen molar-refractivity contribution in [1.82, 2.24) is 15.0 Å². The summed E-state index contributed by atoms with van der Waals surface area (Å²) < 4.78 is 4.93. The van der Waals surface area contributed by atoms with Crippen molar-refractivity contribution in [3.8, 4) is 5.88 Å². The molecule has 0 bridgehead atoms. The molecule has 6 nitrogen and oxygen atoms in total. The van der Waals surface area contributed by atoms with Crippen LogP contribution >= 0.6 is 0 Å². The van der Waals surface area contributed by atoms with Crippen molar-refractivity contribution >= 4 is 11.6 Å². The number of methoxy groups -OCH3 is 1. The van der Waals surface area contributed by atoms with E-state index >= 15 is 0 Å². The van der Waals surface area contributed by atoms with E-state index in [2.05, 4.69) is 20.3 Å². The second-order valence-corrected chi connectivity index (χ2v) is 3.59. The smallest absolute Gasteiger partial charge is 0.275 e. The van der Waals surface area contributed by atoms with Gasteiger partial charge in [0.25, 0.3) is 5.91 Å². The highest BCUT2D eigenvalue weighted by Gasteiger charge is 2.08. The molecule has 0 aliphatic heterocycles. The van der Waals surface area contributed by atoms with E-state index < -0.39 is 0 Å². The Kier molecular flexibility index (Phi) is 3.47. The molecule has 1 N–H and O–H groups in total. The average molecular weight is 244 g/mol. The predicted molar refractivity (Wildman–Crippen MR) is 65.5 cm³/mol. The maximum atomic E-state index is 11.8. The Morgan fingerprint density at radius 1 is 1.17 bits per heavy atom. The number of amides is 1. The maximum Gasteiger partial charge on any atom is 0.275 e. The van der Waals surface area contributed by atoms with Crippen LogP contribution in [0.1, 0.15) is 16.2 Å². The summed E-state index contributed by atoms with van der Waals surface area (Å²) in [4.78, 5) is 23.8. The van der Waals surface area contributed by atoms with Gasteiger partial charge in [0.1, 0.15) is 5.69 Å². The molecule has 0 spiro atoms. The summed E-state index contributed by atoms with van der Waals surface area (Å²) in [5, 5.41) is 2.67. The number of carbonyl (C=O) groups excluding carboxylic acids is 1. The third kappa shape index (κ3) is 2.79. The zero-order chi connectivity index (χ0) is 13.0. The SMILES string of the molecule is COc1ccc(NC(=O)c2cnc(C)cn2)cn1. The second kappa shape index (κ2) is 5.22. The topological polar surface area (TPSA) is 77.0 Å². The van der Waals surface area contributed by atoms with Gasteiger partial charge in [0.05, 0.1) is 30.9 Å². The molecular weight excluding hydrogens is 232 g/mol. The highest BCUT2D eigenvalue weighted by molar-refractivity contribution is 6.02. The van der Waals surface area contributed by atoms with Crippen LogP contribution in [0.2, 0.25) is 0 Å². The molecule has 92 valence electrons. The van der Waals surface area contributed by atoms with Gasteiger partial charge in [0, 0.05) is 12.3 Å². The molecule has 0 aliphatic rings. The second-order valence-electron chi connectivity index (χ2n) is 3.59. The first-order valence-electron chi connectivity index (χ1n) is 5.29. The summed E-state index contributed by atoms with van der Waals surface area (Å²) in [5.41, 5.74) is 1.59. The molecule has 1 amide bonds. The number of aromatic nitrogens is 3. The summed E-state index contributed by atoms with van der Waals surface area (Å²) in [6.07, 6.45) is 4.49. The number of hydrogen-bond acceptors (Lipinski definition) is 5. The first-order chi connectivity index (χ1) is 8.69. The molecule has 18 heavy (non-hydrogen) atoms. The van der Waals surface area contributed by atoms with Gasteiger partial charge in [-0.2, -0.15) is 0 Å². The van der Waals surface area contributed by atoms with Gasteiger partial charge in [0.15, 0.2) is 0 Å². The highest BCUT2D eigenvalue weighted by Crippen LogP contribution is 2.11. The molecule has 2 rings (SSSR count). The number of nitrogens with one attached hydrogen (secondary N) is 1. The van der Waals surface area contributed by atoms with Crippen LogP contribution in [-0.4, -0.2) is 28.0 Å². The van der Waals surface area contributed by atoms with Gasteiger partial charge in [-0.25, -0.2) is 9.97 Å². The summed E-state index contributed by atoms with van der Waals surface area (Å²) >= 11 is 0. The van der Waals surface area contributed by atoms with E-state index in [1.807, 2.05) is 6.92 Å². The molecule has 0 saturated heterocycles. The molecule has 0 fully saturated rings. The monoisotopic (exact) mass is 244 g/mol. The number of hydrogen-bond donors (Lipinski definition) is 1. The number of aryl methyl sites for hydroxylation is 1. The van der Waals surface area contributed by atoms with Gasteiger partial charge < -0.3 is 10.1 Å². The first-order valence-corrected chi connectivity index (χ1v) is 5.29. The summed E-state index contributed by atoms with van der Waals surface area (Å²) in [5.74, 6) is 0.164. The third-order valence-corrected chi connectivity index (χ3v) is 2.22. The Balaban J connectivity index is 2.08. The van der Waals surface area contributed by atoms with Crippen LogP contribution < -0.4 is 10.1 Å². The molecule has 0 unspecified atom stereocenters. The average Bonchev–Trinajstić information content (AvgIpc) is 2.40. The molecule has 0 aromatic carbocycles. The minimum Gasteiger partial charge on any atom is -0.481 e. The van der Waals surface area contributed by atoms with E-state index in [-0.39, 0.29) is 11.6 Å². The fraction of sp³-hybridized carbons (Fsp3) is 0.167. The lowest BCUT2D eigenvalue weighted by Crippen LogP contribution is -2.14. The van der Waals surface area contributed by atoms with E-state index in [0.717, 1.165) is 5.69 Å². The van der Waals surface area contributed by atoms with Gasteiger partial charge in [-0.3, -0.25) is 9.78 Å². The fourth-order valence-corrected chi connectivity index (χ4v) is 1.28. The highest BCUT2D eigenvalue weighted by atomic mass is 16.5. The quantitative estimate of drug-likeness (QED) is 0.884. The molecule has 0 atom stereocenters. The minimum atomic E-state index is -0.325. The van der Waals surface area contributed by atoms with Crippen molar-refractivity contribution in [2.75, 3.05) is 12.4 Å². The fourth-order valence-electron chi connectivity index (χ4n) is 1.28. The first kappa shape index (κ1) is 12.0. The third-order valence-electron chi connectivity index (χ3n) is 2.22. The molecule has 2 aromatic heterocycles. The van der Waals surface area contributed by atoms with Gasteiger partial charge in [-0.1, -0.05) is 0 Å². The van der Waals surface area contributed by atoms with Gasteiger partial charge in [0.2, 0.25) is 5.88 Å². The minimum absolute atomic E-state index is 0.261. The number of rotatable bonds is 3. The van der Waals surface area contributed by atoms with Gasteiger partial charge in [-0.05, 0) is 13.0 Å². The summed E-state index contributed by atoms with van der Waals surface area (Å²) in [6.45, 7) is 1.81. The van der Waals surface area contributed by atoms with Crippen molar-refractivity contribution in [3.63, 3.8) is 0 Å². The molecule has 0 aliphatic carbocycles. The van der Waals surface area contributed by atoms with Crippen LogP contribution in [0.3, 0.4) is 0 Å². The van der Waals surface area contributed by atoms with Crippen LogP contribution in [0, 0.1) is 6.92 Å².